The number of aliphatic hydroxyl groups excluding tert-OH is 1. The molecule has 1 rings (SSSR count). The molecule has 0 aromatic heterocycles. The van der Waals surface area contributed by atoms with Crippen LogP contribution in [-0.4, -0.2) is 22.3 Å². The molecular weight excluding hydrogens is 156 g/mol. The van der Waals surface area contributed by atoms with Gasteiger partial charge in [0.05, 0.1) is 6.10 Å². The second-order valence-electron chi connectivity index (χ2n) is 3.49. The van der Waals surface area contributed by atoms with Crippen LogP contribution in [0.2, 0.25) is 0 Å². The fourth-order valence-corrected chi connectivity index (χ4v) is 1.46. The first-order chi connectivity index (χ1) is 5.52. The molecule has 0 saturated carbocycles. The summed E-state index contributed by atoms with van der Waals surface area (Å²) in [6.45, 7) is 3.86. The molecule has 3 atom stereocenters. The van der Waals surface area contributed by atoms with E-state index in [1.165, 1.54) is 0 Å². The summed E-state index contributed by atoms with van der Waals surface area (Å²) < 4.78 is 0. The molecule has 0 amide bonds. The molecule has 0 radical (unpaired) electrons. The summed E-state index contributed by atoms with van der Waals surface area (Å²) in [7, 11) is 0. The van der Waals surface area contributed by atoms with E-state index in [0.29, 0.717) is 5.57 Å². The summed E-state index contributed by atoms with van der Waals surface area (Å²) >= 11 is 0. The molecule has 3 unspecified atom stereocenters. The van der Waals surface area contributed by atoms with E-state index in [4.69, 9.17) is 5.11 Å². The number of aliphatic hydroxyl groups is 1. The van der Waals surface area contributed by atoms with E-state index in [0.717, 1.165) is 0 Å². The number of hydrogen-bond donors (Lipinski definition) is 2. The van der Waals surface area contributed by atoms with E-state index in [1.54, 1.807) is 6.08 Å². The summed E-state index contributed by atoms with van der Waals surface area (Å²) in [6, 6.07) is 0. The molecule has 0 aromatic rings. The second-order valence-corrected chi connectivity index (χ2v) is 3.49. The number of carboxylic acid groups (broad SMARTS) is 1. The Labute approximate surface area is 71.7 Å². The fourth-order valence-electron chi connectivity index (χ4n) is 1.46. The Morgan fingerprint density at radius 3 is 2.58 bits per heavy atom. The summed E-state index contributed by atoms with van der Waals surface area (Å²) in [6.07, 6.45) is 1.51. The number of aliphatic carboxylic acids is 1. The van der Waals surface area contributed by atoms with Gasteiger partial charge in [0.25, 0.3) is 0 Å². The smallest absolute Gasteiger partial charge is 0.331 e. The maximum Gasteiger partial charge on any atom is 0.331 e. The topological polar surface area (TPSA) is 57.5 Å². The van der Waals surface area contributed by atoms with E-state index in [-0.39, 0.29) is 18.3 Å². The molecule has 1 aliphatic rings. The van der Waals surface area contributed by atoms with Gasteiger partial charge in [0, 0.05) is 12.0 Å². The Kier molecular flexibility index (Phi) is 2.52. The number of carbonyl (C=O) groups is 1. The minimum absolute atomic E-state index is 0.153. The van der Waals surface area contributed by atoms with Crippen LogP contribution in [0.25, 0.3) is 0 Å². The first-order valence-corrected chi connectivity index (χ1v) is 4.14. The Balaban J connectivity index is 2.81. The predicted octanol–water partition coefficient (Wildman–Crippen LogP) is 1.03. The molecule has 0 heterocycles. The number of allylic oxidation sites excluding steroid dienone is 1. The van der Waals surface area contributed by atoms with Gasteiger partial charge in [-0.1, -0.05) is 19.9 Å². The normalized spacial score (nSPS) is 35.9. The average molecular weight is 170 g/mol. The van der Waals surface area contributed by atoms with Crippen LogP contribution in [0.4, 0.5) is 0 Å². The molecule has 12 heavy (non-hydrogen) atoms. The largest absolute Gasteiger partial charge is 0.478 e. The van der Waals surface area contributed by atoms with Gasteiger partial charge in [0.2, 0.25) is 0 Å². The molecule has 3 nitrogen and oxygen atoms in total. The summed E-state index contributed by atoms with van der Waals surface area (Å²) in [5, 5.41) is 18.1. The summed E-state index contributed by atoms with van der Waals surface area (Å²) in [5.74, 6) is -0.597. The van der Waals surface area contributed by atoms with Crippen molar-refractivity contribution in [2.75, 3.05) is 0 Å². The zero-order chi connectivity index (χ0) is 9.30. The van der Waals surface area contributed by atoms with Gasteiger partial charge in [-0.3, -0.25) is 0 Å². The van der Waals surface area contributed by atoms with Gasteiger partial charge < -0.3 is 10.2 Å². The van der Waals surface area contributed by atoms with Crippen molar-refractivity contribution in [3.05, 3.63) is 11.6 Å². The van der Waals surface area contributed by atoms with Crippen LogP contribution in [0.3, 0.4) is 0 Å². The Hall–Kier alpha value is -0.830. The highest BCUT2D eigenvalue weighted by molar-refractivity contribution is 5.86. The van der Waals surface area contributed by atoms with Crippen LogP contribution < -0.4 is 0 Å². The zero-order valence-corrected chi connectivity index (χ0v) is 7.32. The number of hydrogen-bond acceptors (Lipinski definition) is 2. The van der Waals surface area contributed by atoms with Crippen molar-refractivity contribution >= 4 is 5.97 Å². The monoisotopic (exact) mass is 170 g/mol. The standard InChI is InChI=1S/C9H14O3/c1-5-3-7(9(11)12)4-8(10)6(5)2/h3,5-6,8,10H,4H2,1-2H3,(H,11,12). The SMILES string of the molecule is CC1C=C(C(=O)O)CC(O)C1C. The quantitative estimate of drug-likeness (QED) is 0.618. The molecule has 0 aliphatic heterocycles. The number of rotatable bonds is 1. The lowest BCUT2D eigenvalue weighted by Gasteiger charge is -2.28. The molecule has 0 fully saturated rings. The lowest BCUT2D eigenvalue weighted by molar-refractivity contribution is -0.133. The van der Waals surface area contributed by atoms with Crippen LogP contribution >= 0.6 is 0 Å². The van der Waals surface area contributed by atoms with Crippen molar-refractivity contribution in [3.63, 3.8) is 0 Å². The highest BCUT2D eigenvalue weighted by Crippen LogP contribution is 2.28. The molecule has 0 bridgehead atoms. The average Bonchev–Trinajstić information content (AvgIpc) is 1.99. The Morgan fingerprint density at radius 2 is 2.17 bits per heavy atom. The third kappa shape index (κ3) is 1.67. The first kappa shape index (κ1) is 9.26. The lowest BCUT2D eigenvalue weighted by Crippen LogP contribution is -2.29. The third-order valence-corrected chi connectivity index (χ3v) is 2.60. The Morgan fingerprint density at radius 1 is 1.58 bits per heavy atom. The van der Waals surface area contributed by atoms with E-state index < -0.39 is 12.1 Å². The van der Waals surface area contributed by atoms with Gasteiger partial charge in [0.15, 0.2) is 0 Å². The molecular formula is C9H14O3. The number of carboxylic acids is 1. The summed E-state index contributed by atoms with van der Waals surface area (Å²) in [4.78, 5) is 10.6. The molecule has 1 aliphatic carbocycles. The van der Waals surface area contributed by atoms with Crippen LogP contribution in [0, 0.1) is 11.8 Å². The molecule has 0 aromatic carbocycles. The van der Waals surface area contributed by atoms with E-state index in [1.807, 2.05) is 13.8 Å². The second kappa shape index (κ2) is 3.27. The maximum atomic E-state index is 10.6. The van der Waals surface area contributed by atoms with Gasteiger partial charge in [-0.25, -0.2) is 4.79 Å². The van der Waals surface area contributed by atoms with Crippen LogP contribution in [0.5, 0.6) is 0 Å². The third-order valence-electron chi connectivity index (χ3n) is 2.60. The van der Waals surface area contributed by atoms with Gasteiger partial charge in [-0.2, -0.15) is 0 Å². The predicted molar refractivity (Wildman–Crippen MR) is 44.7 cm³/mol. The molecule has 68 valence electrons. The van der Waals surface area contributed by atoms with E-state index >= 15 is 0 Å². The fraction of sp³-hybridized carbons (Fsp3) is 0.667. The van der Waals surface area contributed by atoms with Crippen molar-refractivity contribution in [3.8, 4) is 0 Å². The van der Waals surface area contributed by atoms with E-state index in [9.17, 15) is 9.90 Å². The lowest BCUT2D eigenvalue weighted by atomic mass is 9.81. The molecule has 0 spiro atoms. The molecule has 2 N–H and O–H groups in total. The van der Waals surface area contributed by atoms with Gasteiger partial charge in [-0.05, 0) is 11.8 Å². The van der Waals surface area contributed by atoms with Gasteiger partial charge >= 0.3 is 5.97 Å². The highest BCUT2D eigenvalue weighted by atomic mass is 16.4. The van der Waals surface area contributed by atoms with Crippen LogP contribution in [0.1, 0.15) is 20.3 Å². The first-order valence-electron chi connectivity index (χ1n) is 4.14. The van der Waals surface area contributed by atoms with Crippen LogP contribution in [0.15, 0.2) is 11.6 Å². The zero-order valence-electron chi connectivity index (χ0n) is 7.32. The molecule has 0 saturated heterocycles. The minimum atomic E-state index is -0.909. The van der Waals surface area contributed by atoms with Crippen molar-refractivity contribution < 1.29 is 15.0 Å². The highest BCUT2D eigenvalue weighted by Gasteiger charge is 2.28. The Bertz CT molecular complexity index is 220. The summed E-state index contributed by atoms with van der Waals surface area (Å²) in [5.41, 5.74) is 0.341. The van der Waals surface area contributed by atoms with Crippen LogP contribution in [-0.2, 0) is 4.79 Å². The molecule has 3 heteroatoms. The van der Waals surface area contributed by atoms with Crippen molar-refractivity contribution in [1.82, 2.24) is 0 Å². The van der Waals surface area contributed by atoms with Gasteiger partial charge in [0.1, 0.15) is 0 Å². The van der Waals surface area contributed by atoms with Crippen molar-refractivity contribution in [2.45, 2.75) is 26.4 Å². The van der Waals surface area contributed by atoms with E-state index in [2.05, 4.69) is 0 Å². The van der Waals surface area contributed by atoms with Gasteiger partial charge in [-0.15, -0.1) is 0 Å². The maximum absolute atomic E-state index is 10.6. The van der Waals surface area contributed by atoms with Crippen molar-refractivity contribution in [2.24, 2.45) is 11.8 Å². The van der Waals surface area contributed by atoms with Crippen molar-refractivity contribution in [1.29, 1.82) is 0 Å². The minimum Gasteiger partial charge on any atom is -0.478 e.